The van der Waals surface area contributed by atoms with Crippen LogP contribution in [0, 0.1) is 0 Å². The average molecular weight is 1120 g/mol. The van der Waals surface area contributed by atoms with Crippen LogP contribution in [0.3, 0.4) is 0 Å². The molecule has 1 aliphatic rings. The van der Waals surface area contributed by atoms with Gasteiger partial charge in [0.1, 0.15) is 0 Å². The summed E-state index contributed by atoms with van der Waals surface area (Å²) in [6.45, 7) is 32.5. The summed E-state index contributed by atoms with van der Waals surface area (Å²) >= 11 is 0. The fourth-order valence-corrected chi connectivity index (χ4v) is 14.1. The number of nitrogens with one attached hydrogen (secondary N) is 2. The zero-order valence-electron chi connectivity index (χ0n) is 53.6. The highest BCUT2D eigenvalue weighted by Crippen LogP contribution is 2.58. The molecule has 0 radical (unpaired) electrons. The van der Waals surface area contributed by atoms with Gasteiger partial charge in [-0.3, -0.25) is 0 Å². The minimum absolute atomic E-state index is 0.0354. The molecular weight excluding hydrogens is 1030 g/mol. The van der Waals surface area contributed by atoms with E-state index in [4.69, 9.17) is 0 Å². The van der Waals surface area contributed by atoms with Gasteiger partial charge in [-0.1, -0.05) is 215 Å². The van der Waals surface area contributed by atoms with Crippen molar-refractivity contribution >= 4 is 77.1 Å². The standard InChI is InChI=1S/C81H92N4/c1-15-17-19-23-43-81(44-24-20-18-16-2)69-51-59(82-57-27-25-29-60(49-57)84-72-39-33-53(77(3,4)5)45-65(72)66-46-54(78(6,7)8)34-40-73(66)84)37-38-64(69)76-63-32-22-21-31-62(63)71(52-70(76)81)83-58-28-26-30-61(50-58)85-74-41-35-55(79(9,10)11)47-67(74)68-48-56(80(12,13)14)36-42-75(68)85/h21-22,25-42,45-52,82-83H,15-20,23-24,43-44H2,1-14H3. The monoisotopic (exact) mass is 1120 g/mol. The molecule has 0 atom stereocenters. The lowest BCUT2D eigenvalue weighted by atomic mass is 9.70. The van der Waals surface area contributed by atoms with E-state index in [1.54, 1.807) is 0 Å². The summed E-state index contributed by atoms with van der Waals surface area (Å²) in [7, 11) is 0. The average Bonchev–Trinajstić information content (AvgIpc) is 1.67. The number of hydrogen-bond donors (Lipinski definition) is 2. The lowest BCUT2D eigenvalue weighted by Gasteiger charge is -2.34. The summed E-state index contributed by atoms with van der Waals surface area (Å²) < 4.78 is 4.97. The molecule has 9 aromatic carbocycles. The van der Waals surface area contributed by atoms with E-state index in [0.29, 0.717) is 0 Å². The molecule has 0 saturated heterocycles. The zero-order valence-corrected chi connectivity index (χ0v) is 53.6. The second-order valence-electron chi connectivity index (χ2n) is 29.3. The van der Waals surface area contributed by atoms with Gasteiger partial charge in [-0.15, -0.1) is 0 Å². The molecule has 85 heavy (non-hydrogen) atoms. The molecule has 0 saturated carbocycles. The molecule has 0 bridgehead atoms. The number of fused-ring (bicyclic) bond motifs is 11. The van der Waals surface area contributed by atoms with Crippen LogP contribution in [0.4, 0.5) is 22.7 Å². The predicted octanol–water partition coefficient (Wildman–Crippen LogP) is 23.9. The topological polar surface area (TPSA) is 33.9 Å². The van der Waals surface area contributed by atoms with Crippen LogP contribution >= 0.6 is 0 Å². The first kappa shape index (κ1) is 57.9. The number of aromatic nitrogens is 2. The van der Waals surface area contributed by atoms with Crippen molar-refractivity contribution in [1.82, 2.24) is 9.13 Å². The molecule has 4 nitrogen and oxygen atoms in total. The van der Waals surface area contributed by atoms with Crippen molar-refractivity contribution in [2.75, 3.05) is 10.6 Å². The quantitative estimate of drug-likeness (QED) is 0.0946. The lowest BCUT2D eigenvalue weighted by molar-refractivity contribution is 0.401. The maximum Gasteiger partial charge on any atom is 0.0541 e. The van der Waals surface area contributed by atoms with Crippen molar-refractivity contribution in [3.05, 3.63) is 203 Å². The van der Waals surface area contributed by atoms with Gasteiger partial charge < -0.3 is 19.8 Å². The van der Waals surface area contributed by atoms with E-state index in [0.717, 1.165) is 41.3 Å². The number of hydrogen-bond acceptors (Lipinski definition) is 2. The number of rotatable bonds is 16. The van der Waals surface area contributed by atoms with E-state index < -0.39 is 0 Å². The van der Waals surface area contributed by atoms with Gasteiger partial charge in [-0.05, 0) is 188 Å². The SMILES string of the molecule is CCCCCCC1(CCCCCC)c2cc(Nc3cccc(-n4c5ccc(C(C)(C)C)cc5c5cc(C(C)(C)C)ccc54)c3)ccc2-c2c1cc(Nc1cccc(-n3c4ccc(C(C)(C)C)cc4c4cc(C(C)(C)C)ccc43)c1)c1ccccc21. The maximum absolute atomic E-state index is 4.12. The Morgan fingerprint density at radius 3 is 1.18 bits per heavy atom. The van der Waals surface area contributed by atoms with Gasteiger partial charge in [0.25, 0.3) is 0 Å². The van der Waals surface area contributed by atoms with E-state index in [1.165, 1.54) is 156 Å². The summed E-state index contributed by atoms with van der Waals surface area (Å²) in [6.07, 6.45) is 12.1. The van der Waals surface area contributed by atoms with Crippen LogP contribution in [0.15, 0.2) is 170 Å². The maximum atomic E-state index is 4.12. The minimum atomic E-state index is -0.157. The van der Waals surface area contributed by atoms with Gasteiger partial charge in [0.05, 0.1) is 22.1 Å². The Bertz CT molecular complexity index is 4160. The summed E-state index contributed by atoms with van der Waals surface area (Å²) in [4.78, 5) is 0. The summed E-state index contributed by atoms with van der Waals surface area (Å²) in [5.74, 6) is 0. The summed E-state index contributed by atoms with van der Waals surface area (Å²) in [5, 5.41) is 15.9. The van der Waals surface area contributed by atoms with Crippen molar-refractivity contribution in [3.63, 3.8) is 0 Å². The zero-order chi connectivity index (χ0) is 59.8. The first-order chi connectivity index (χ1) is 40.6. The van der Waals surface area contributed by atoms with Crippen LogP contribution in [0.25, 0.3) is 76.9 Å². The van der Waals surface area contributed by atoms with Crippen molar-refractivity contribution in [2.24, 2.45) is 0 Å². The lowest BCUT2D eigenvalue weighted by Crippen LogP contribution is -2.26. The van der Waals surface area contributed by atoms with Gasteiger partial charge in [0.2, 0.25) is 0 Å². The van der Waals surface area contributed by atoms with Crippen molar-refractivity contribution < 1.29 is 0 Å². The molecule has 2 heterocycles. The molecule has 0 aliphatic heterocycles. The van der Waals surface area contributed by atoms with Gasteiger partial charge in [-0.2, -0.15) is 0 Å². The summed E-state index contributed by atoms with van der Waals surface area (Å²) in [5.41, 5.74) is 22.9. The van der Waals surface area contributed by atoms with Crippen molar-refractivity contribution in [1.29, 1.82) is 0 Å². The van der Waals surface area contributed by atoms with E-state index in [9.17, 15) is 0 Å². The smallest absolute Gasteiger partial charge is 0.0541 e. The molecule has 0 amide bonds. The normalized spacial score (nSPS) is 13.6. The third kappa shape index (κ3) is 10.8. The van der Waals surface area contributed by atoms with E-state index in [2.05, 4.69) is 287 Å². The molecule has 1 aliphatic carbocycles. The molecule has 12 rings (SSSR count). The van der Waals surface area contributed by atoms with Crippen LogP contribution in [0.5, 0.6) is 0 Å². The van der Waals surface area contributed by atoms with Gasteiger partial charge in [-0.25, -0.2) is 0 Å². The fraction of sp³-hybridized carbons (Fsp3) is 0.358. The predicted molar refractivity (Wildman–Crippen MR) is 371 cm³/mol. The minimum Gasteiger partial charge on any atom is -0.355 e. The molecule has 0 unspecified atom stereocenters. The molecule has 0 fully saturated rings. The van der Waals surface area contributed by atoms with Gasteiger partial charge in [0, 0.05) is 66.5 Å². The Morgan fingerprint density at radius 1 is 0.341 bits per heavy atom. The van der Waals surface area contributed by atoms with Crippen LogP contribution in [0.1, 0.15) is 195 Å². The molecule has 436 valence electrons. The van der Waals surface area contributed by atoms with E-state index >= 15 is 0 Å². The highest BCUT2D eigenvalue weighted by atomic mass is 15.0. The third-order valence-electron chi connectivity index (χ3n) is 19.0. The molecule has 2 N–H and O–H groups in total. The number of benzene rings is 9. The molecular formula is C81H92N4. The molecule has 0 spiro atoms. The first-order valence-corrected chi connectivity index (χ1v) is 32.2. The largest absolute Gasteiger partial charge is 0.355 e. The van der Waals surface area contributed by atoms with Crippen LogP contribution < -0.4 is 10.6 Å². The first-order valence-electron chi connectivity index (χ1n) is 32.2. The van der Waals surface area contributed by atoms with Crippen molar-refractivity contribution in [2.45, 2.75) is 188 Å². The Labute approximate surface area is 508 Å². The van der Waals surface area contributed by atoms with Crippen LogP contribution in [-0.4, -0.2) is 9.13 Å². The van der Waals surface area contributed by atoms with Crippen LogP contribution in [0.2, 0.25) is 0 Å². The van der Waals surface area contributed by atoms with E-state index in [1.807, 2.05) is 0 Å². The number of nitrogens with zero attached hydrogens (tertiary/aromatic N) is 2. The fourth-order valence-electron chi connectivity index (χ4n) is 14.1. The second kappa shape index (κ2) is 22.1. The third-order valence-corrected chi connectivity index (χ3v) is 19.0. The van der Waals surface area contributed by atoms with Gasteiger partial charge in [0.15, 0.2) is 0 Å². The number of anilines is 4. The van der Waals surface area contributed by atoms with Crippen LogP contribution in [-0.2, 0) is 27.1 Å². The van der Waals surface area contributed by atoms with E-state index in [-0.39, 0.29) is 27.1 Å². The Balaban J connectivity index is 0.961. The molecule has 11 aromatic rings. The highest BCUT2D eigenvalue weighted by Gasteiger charge is 2.44. The second-order valence-corrected chi connectivity index (χ2v) is 29.3. The highest BCUT2D eigenvalue weighted by molar-refractivity contribution is 6.12. The van der Waals surface area contributed by atoms with Crippen molar-refractivity contribution in [3.8, 4) is 22.5 Å². The summed E-state index contributed by atoms with van der Waals surface area (Å²) in [6, 6.07) is 65.9. The Kier molecular flexibility index (Phi) is 15.0. The van der Waals surface area contributed by atoms with Gasteiger partial charge >= 0.3 is 0 Å². The number of unbranched alkanes of at least 4 members (excludes halogenated alkanes) is 6. The molecule has 2 aromatic heterocycles. The Hall–Kier alpha value is -7.56. The molecule has 4 heteroatoms. The Morgan fingerprint density at radius 2 is 0.753 bits per heavy atom.